The van der Waals surface area contributed by atoms with E-state index < -0.39 is 11.5 Å². The van der Waals surface area contributed by atoms with Gasteiger partial charge < -0.3 is 19.8 Å². The summed E-state index contributed by atoms with van der Waals surface area (Å²) in [5.74, 6) is 0.136. The molecule has 5 rings (SSSR count). The SMILES string of the molecule is COc1ccc(C(=O)Nc2nc3c(s2)CC2C(C)(CO)C(O)CCC2(C)C3CC(=O)N(C)Cc2ccccc2)cc1. The number of benzene rings is 2. The predicted molar refractivity (Wildman–Crippen MR) is 159 cm³/mol. The molecule has 0 aliphatic heterocycles. The maximum Gasteiger partial charge on any atom is 0.257 e. The van der Waals surface area contributed by atoms with Gasteiger partial charge in [-0.3, -0.25) is 14.9 Å². The van der Waals surface area contributed by atoms with Crippen LogP contribution in [-0.2, 0) is 17.8 Å². The van der Waals surface area contributed by atoms with E-state index in [4.69, 9.17) is 9.72 Å². The Hall–Kier alpha value is -3.27. The summed E-state index contributed by atoms with van der Waals surface area (Å²) in [6.45, 7) is 4.51. The lowest BCUT2D eigenvalue weighted by molar-refractivity contribution is -0.147. The van der Waals surface area contributed by atoms with Crippen molar-refractivity contribution in [1.82, 2.24) is 9.88 Å². The maximum atomic E-state index is 13.7. The van der Waals surface area contributed by atoms with E-state index in [1.54, 1.807) is 36.3 Å². The number of methoxy groups -OCH3 is 1. The summed E-state index contributed by atoms with van der Waals surface area (Å²) >= 11 is 1.42. The lowest BCUT2D eigenvalue weighted by atomic mass is 9.47. The number of fused-ring (bicyclic) bond motifs is 2. The van der Waals surface area contributed by atoms with Crippen LogP contribution in [0.1, 0.15) is 65.5 Å². The van der Waals surface area contributed by atoms with Crippen LogP contribution in [0, 0.1) is 16.7 Å². The molecule has 1 heterocycles. The van der Waals surface area contributed by atoms with Gasteiger partial charge in [0.05, 0.1) is 25.5 Å². The topological polar surface area (TPSA) is 112 Å². The number of thiazole rings is 1. The first kappa shape index (κ1) is 29.2. The highest BCUT2D eigenvalue weighted by Crippen LogP contribution is 2.63. The van der Waals surface area contributed by atoms with Crippen LogP contribution in [0.25, 0.3) is 0 Å². The number of ether oxygens (including phenoxy) is 1. The highest BCUT2D eigenvalue weighted by molar-refractivity contribution is 7.15. The summed E-state index contributed by atoms with van der Waals surface area (Å²) in [4.78, 5) is 34.4. The van der Waals surface area contributed by atoms with Gasteiger partial charge >= 0.3 is 0 Å². The molecule has 218 valence electrons. The second-order valence-corrected chi connectivity index (χ2v) is 13.1. The number of hydrogen-bond donors (Lipinski definition) is 3. The molecular weight excluding hydrogens is 538 g/mol. The number of carbonyl (C=O) groups excluding carboxylic acids is 2. The molecule has 0 saturated heterocycles. The van der Waals surface area contributed by atoms with Crippen molar-refractivity contribution < 1.29 is 24.5 Å². The molecule has 0 spiro atoms. The normalized spacial score (nSPS) is 26.9. The van der Waals surface area contributed by atoms with E-state index in [2.05, 4.69) is 12.2 Å². The Morgan fingerprint density at radius 3 is 2.51 bits per heavy atom. The molecule has 5 atom stereocenters. The molecule has 5 unspecified atom stereocenters. The Labute approximate surface area is 245 Å². The number of aliphatic hydroxyl groups excluding tert-OH is 2. The molecule has 1 fully saturated rings. The molecule has 9 heteroatoms. The van der Waals surface area contributed by atoms with E-state index in [0.29, 0.717) is 35.8 Å². The van der Waals surface area contributed by atoms with Crippen LogP contribution in [0.15, 0.2) is 54.6 Å². The maximum absolute atomic E-state index is 13.7. The van der Waals surface area contributed by atoms with Crippen LogP contribution in [-0.4, -0.2) is 58.8 Å². The molecule has 41 heavy (non-hydrogen) atoms. The lowest BCUT2D eigenvalue weighted by Crippen LogP contribution is -2.57. The zero-order chi connectivity index (χ0) is 29.4. The van der Waals surface area contributed by atoms with Crippen molar-refractivity contribution in [3.63, 3.8) is 0 Å². The quantitative estimate of drug-likeness (QED) is 0.352. The number of carbonyl (C=O) groups is 2. The van der Waals surface area contributed by atoms with Gasteiger partial charge in [-0.2, -0.15) is 0 Å². The van der Waals surface area contributed by atoms with E-state index in [-0.39, 0.29) is 42.1 Å². The third-order valence-corrected chi connectivity index (χ3v) is 10.5. The molecule has 2 aromatic carbocycles. The molecular formula is C32H39N3O5S. The number of aromatic nitrogens is 1. The fraction of sp³-hybridized carbons (Fsp3) is 0.469. The second kappa shape index (κ2) is 11.5. The minimum absolute atomic E-state index is 0.0142. The van der Waals surface area contributed by atoms with Crippen LogP contribution in [0.4, 0.5) is 5.13 Å². The molecule has 2 amide bonds. The molecule has 3 N–H and O–H groups in total. The van der Waals surface area contributed by atoms with Gasteiger partial charge in [0, 0.05) is 41.8 Å². The van der Waals surface area contributed by atoms with Crippen LogP contribution in [0.3, 0.4) is 0 Å². The molecule has 2 aliphatic carbocycles. The third-order valence-electron chi connectivity index (χ3n) is 9.53. The Balaban J connectivity index is 1.46. The number of aliphatic hydroxyl groups is 2. The van der Waals surface area contributed by atoms with Crippen molar-refractivity contribution in [1.29, 1.82) is 0 Å². The molecule has 8 nitrogen and oxygen atoms in total. The molecule has 1 saturated carbocycles. The van der Waals surface area contributed by atoms with Gasteiger partial charge in [0.15, 0.2) is 5.13 Å². The Bertz CT molecular complexity index is 1390. The van der Waals surface area contributed by atoms with Gasteiger partial charge in [0.25, 0.3) is 5.91 Å². The average molecular weight is 578 g/mol. The number of rotatable bonds is 8. The third kappa shape index (κ3) is 5.50. The zero-order valence-corrected chi connectivity index (χ0v) is 24.9. The molecule has 0 bridgehead atoms. The first-order chi connectivity index (χ1) is 19.6. The first-order valence-electron chi connectivity index (χ1n) is 14.1. The average Bonchev–Trinajstić information content (AvgIpc) is 3.38. The van der Waals surface area contributed by atoms with Gasteiger partial charge in [0.2, 0.25) is 5.91 Å². The highest BCUT2D eigenvalue weighted by Gasteiger charge is 2.59. The van der Waals surface area contributed by atoms with E-state index in [0.717, 1.165) is 22.6 Å². The van der Waals surface area contributed by atoms with E-state index in [1.807, 2.05) is 44.3 Å². The number of nitrogens with one attached hydrogen (secondary N) is 1. The number of nitrogens with zero attached hydrogens (tertiary/aromatic N) is 2. The largest absolute Gasteiger partial charge is 0.497 e. The van der Waals surface area contributed by atoms with Gasteiger partial charge in [-0.1, -0.05) is 44.2 Å². The summed E-state index contributed by atoms with van der Waals surface area (Å²) in [5, 5.41) is 25.0. The fourth-order valence-corrected chi connectivity index (χ4v) is 7.95. The Kier molecular flexibility index (Phi) is 8.23. The second-order valence-electron chi connectivity index (χ2n) is 12.0. The van der Waals surface area contributed by atoms with Crippen molar-refractivity contribution in [3.8, 4) is 5.75 Å². The number of amides is 2. The summed E-state index contributed by atoms with van der Waals surface area (Å²) in [6.07, 6.45) is 1.53. The Morgan fingerprint density at radius 1 is 1.15 bits per heavy atom. The minimum atomic E-state index is -0.710. The van der Waals surface area contributed by atoms with Gasteiger partial charge in [-0.05, 0) is 60.4 Å². The van der Waals surface area contributed by atoms with Crippen LogP contribution in [0.5, 0.6) is 5.75 Å². The van der Waals surface area contributed by atoms with Crippen molar-refractivity contribution >= 4 is 28.3 Å². The van der Waals surface area contributed by atoms with Crippen LogP contribution < -0.4 is 10.1 Å². The summed E-state index contributed by atoms with van der Waals surface area (Å²) in [5.41, 5.74) is 1.32. The van der Waals surface area contributed by atoms with Crippen molar-refractivity contribution in [2.45, 2.75) is 58.1 Å². The summed E-state index contributed by atoms with van der Waals surface area (Å²) in [7, 11) is 3.40. The van der Waals surface area contributed by atoms with E-state index >= 15 is 0 Å². The van der Waals surface area contributed by atoms with Gasteiger partial charge in [0.1, 0.15) is 5.75 Å². The van der Waals surface area contributed by atoms with Crippen LogP contribution in [0.2, 0.25) is 0 Å². The van der Waals surface area contributed by atoms with Crippen molar-refractivity contribution in [3.05, 3.63) is 76.3 Å². The molecule has 2 aliphatic rings. The molecule has 1 aromatic heterocycles. The Morgan fingerprint density at radius 2 is 1.85 bits per heavy atom. The summed E-state index contributed by atoms with van der Waals surface area (Å²) < 4.78 is 5.20. The number of anilines is 1. The fourth-order valence-electron chi connectivity index (χ4n) is 6.89. The zero-order valence-electron chi connectivity index (χ0n) is 24.1. The van der Waals surface area contributed by atoms with Crippen LogP contribution >= 0.6 is 11.3 Å². The van der Waals surface area contributed by atoms with Gasteiger partial charge in [-0.15, -0.1) is 11.3 Å². The predicted octanol–water partition coefficient (Wildman–Crippen LogP) is 4.87. The minimum Gasteiger partial charge on any atom is -0.497 e. The van der Waals surface area contributed by atoms with Gasteiger partial charge in [-0.25, -0.2) is 4.98 Å². The molecule has 3 aromatic rings. The summed E-state index contributed by atoms with van der Waals surface area (Å²) in [6, 6.07) is 16.8. The van der Waals surface area contributed by atoms with Crippen molar-refractivity contribution in [2.75, 3.05) is 26.1 Å². The van der Waals surface area contributed by atoms with Crippen molar-refractivity contribution in [2.24, 2.45) is 16.7 Å². The monoisotopic (exact) mass is 577 g/mol. The lowest BCUT2D eigenvalue weighted by Gasteiger charge is -2.58. The first-order valence-corrected chi connectivity index (χ1v) is 14.9. The van der Waals surface area contributed by atoms with E-state index in [9.17, 15) is 19.8 Å². The molecule has 0 radical (unpaired) electrons. The number of hydrogen-bond acceptors (Lipinski definition) is 7. The smallest absolute Gasteiger partial charge is 0.257 e. The standard InChI is InChI=1S/C32H39N3O5S/c1-31-15-14-26(37)32(2,19-36)25(31)17-24-28(23(31)16-27(38)35(3)18-20-8-6-5-7-9-20)33-30(41-24)34-29(39)21-10-12-22(40-4)13-11-21/h5-13,23,25-26,36-37H,14-19H2,1-4H3,(H,33,34,39). The van der Waals surface area contributed by atoms with E-state index in [1.165, 1.54) is 11.3 Å². The highest BCUT2D eigenvalue weighted by atomic mass is 32.1.